The molecular weight excluding hydrogens is 383 g/mol. The SMILES string of the molecule is CCOCC(=O)N1C[C@@H]2CN(c3nc(C)ccc3C#N)C[C@@H]2[C@H]1c1cccc(F)c1. The lowest BCUT2D eigenvalue weighted by Gasteiger charge is -2.30. The number of anilines is 1. The second kappa shape index (κ2) is 8.41. The molecule has 3 heterocycles. The molecule has 2 aliphatic heterocycles. The van der Waals surface area contributed by atoms with Crippen molar-refractivity contribution in [3.63, 3.8) is 0 Å². The van der Waals surface area contributed by atoms with Gasteiger partial charge < -0.3 is 14.5 Å². The molecule has 1 amide bonds. The van der Waals surface area contributed by atoms with Crippen LogP contribution in [-0.4, -0.2) is 48.6 Å². The number of hydrogen-bond acceptors (Lipinski definition) is 5. The Kier molecular flexibility index (Phi) is 5.69. The number of ether oxygens (including phenoxy) is 1. The molecule has 6 nitrogen and oxygen atoms in total. The summed E-state index contributed by atoms with van der Waals surface area (Å²) >= 11 is 0. The van der Waals surface area contributed by atoms with E-state index < -0.39 is 0 Å². The molecule has 0 unspecified atom stereocenters. The van der Waals surface area contributed by atoms with E-state index in [1.54, 1.807) is 12.1 Å². The van der Waals surface area contributed by atoms with E-state index in [1.807, 2.05) is 30.9 Å². The number of halogens is 1. The summed E-state index contributed by atoms with van der Waals surface area (Å²) in [6.45, 7) is 6.22. The maximum absolute atomic E-state index is 14.0. The van der Waals surface area contributed by atoms with Gasteiger partial charge in [-0.2, -0.15) is 5.26 Å². The highest BCUT2D eigenvalue weighted by atomic mass is 19.1. The van der Waals surface area contributed by atoms with E-state index in [0.717, 1.165) is 11.3 Å². The molecule has 0 N–H and O–H groups in total. The van der Waals surface area contributed by atoms with Crippen LogP contribution in [0, 0.1) is 35.9 Å². The van der Waals surface area contributed by atoms with Gasteiger partial charge in [0.15, 0.2) is 0 Å². The van der Waals surface area contributed by atoms with Crippen LogP contribution >= 0.6 is 0 Å². The van der Waals surface area contributed by atoms with Gasteiger partial charge >= 0.3 is 0 Å². The Balaban J connectivity index is 1.65. The molecule has 2 fully saturated rings. The standard InChI is InChI=1S/C23H25FN4O2/c1-3-30-14-21(29)28-12-18-11-27(23-17(10-25)8-7-15(2)26-23)13-20(18)22(28)16-5-4-6-19(24)9-16/h4-9,18,20,22H,3,11-14H2,1-2H3/t18-,20-,22+/m0/s1. The minimum atomic E-state index is -0.310. The number of pyridine rings is 1. The van der Waals surface area contributed by atoms with Crippen molar-refractivity contribution in [3.8, 4) is 6.07 Å². The number of likely N-dealkylation sites (tertiary alicyclic amines) is 1. The summed E-state index contributed by atoms with van der Waals surface area (Å²) in [5.41, 5.74) is 2.20. The van der Waals surface area contributed by atoms with Crippen molar-refractivity contribution < 1.29 is 13.9 Å². The van der Waals surface area contributed by atoms with Gasteiger partial charge in [0.2, 0.25) is 5.91 Å². The highest BCUT2D eigenvalue weighted by molar-refractivity contribution is 5.78. The summed E-state index contributed by atoms with van der Waals surface area (Å²) in [5, 5.41) is 9.51. The fourth-order valence-electron chi connectivity index (χ4n) is 4.74. The second-order valence-electron chi connectivity index (χ2n) is 7.95. The first-order valence-electron chi connectivity index (χ1n) is 10.3. The average Bonchev–Trinajstić information content (AvgIpc) is 3.30. The van der Waals surface area contributed by atoms with Gasteiger partial charge in [-0.3, -0.25) is 4.79 Å². The number of hydrogen-bond donors (Lipinski definition) is 0. The fourth-order valence-corrected chi connectivity index (χ4v) is 4.74. The molecule has 2 saturated heterocycles. The number of carbonyl (C=O) groups excluding carboxylic acids is 1. The van der Waals surface area contributed by atoms with E-state index >= 15 is 0 Å². The highest BCUT2D eigenvalue weighted by Crippen LogP contribution is 2.46. The Hall–Kier alpha value is -2.98. The average molecular weight is 408 g/mol. The summed E-state index contributed by atoms with van der Waals surface area (Å²) in [6, 6.07) is 12.1. The van der Waals surface area contributed by atoms with Gasteiger partial charge in [0.05, 0.1) is 11.6 Å². The molecule has 0 radical (unpaired) electrons. The van der Waals surface area contributed by atoms with Crippen molar-refractivity contribution in [1.29, 1.82) is 5.26 Å². The van der Waals surface area contributed by atoms with Crippen molar-refractivity contribution >= 4 is 11.7 Å². The largest absolute Gasteiger partial charge is 0.372 e. The number of rotatable bonds is 5. The van der Waals surface area contributed by atoms with Crippen molar-refractivity contribution in [3.05, 3.63) is 59.0 Å². The molecule has 2 aliphatic rings. The van der Waals surface area contributed by atoms with Crippen LogP contribution in [0.1, 0.15) is 29.8 Å². The molecule has 156 valence electrons. The van der Waals surface area contributed by atoms with Crippen LogP contribution in [0.3, 0.4) is 0 Å². The van der Waals surface area contributed by atoms with Gasteiger partial charge in [0, 0.05) is 43.8 Å². The summed E-state index contributed by atoms with van der Waals surface area (Å²) in [4.78, 5) is 21.4. The van der Waals surface area contributed by atoms with E-state index in [2.05, 4.69) is 16.0 Å². The molecule has 0 bridgehead atoms. The Labute approximate surface area is 175 Å². The molecular formula is C23H25FN4O2. The van der Waals surface area contributed by atoms with E-state index in [1.165, 1.54) is 12.1 Å². The molecule has 2 aromatic rings. The molecule has 0 saturated carbocycles. The van der Waals surface area contributed by atoms with Crippen LogP contribution in [0.2, 0.25) is 0 Å². The van der Waals surface area contributed by atoms with E-state index in [0.29, 0.717) is 37.6 Å². The van der Waals surface area contributed by atoms with Crippen LogP contribution in [0.5, 0.6) is 0 Å². The minimum Gasteiger partial charge on any atom is -0.372 e. The molecule has 7 heteroatoms. The van der Waals surface area contributed by atoms with Crippen LogP contribution in [0.4, 0.5) is 10.2 Å². The maximum Gasteiger partial charge on any atom is 0.249 e. The molecule has 3 atom stereocenters. The number of nitriles is 1. The number of fused-ring (bicyclic) bond motifs is 1. The van der Waals surface area contributed by atoms with Gasteiger partial charge in [0.1, 0.15) is 24.3 Å². The van der Waals surface area contributed by atoms with Crippen molar-refractivity contribution in [2.45, 2.75) is 19.9 Å². The molecule has 30 heavy (non-hydrogen) atoms. The Morgan fingerprint density at radius 1 is 1.30 bits per heavy atom. The van der Waals surface area contributed by atoms with Crippen LogP contribution in [0.25, 0.3) is 0 Å². The predicted molar refractivity (Wildman–Crippen MR) is 110 cm³/mol. The zero-order valence-corrected chi connectivity index (χ0v) is 17.2. The van der Waals surface area contributed by atoms with Gasteiger partial charge in [-0.25, -0.2) is 9.37 Å². The number of carbonyl (C=O) groups is 1. The molecule has 0 aliphatic carbocycles. The zero-order valence-electron chi connectivity index (χ0n) is 17.2. The summed E-state index contributed by atoms with van der Waals surface area (Å²) in [5.74, 6) is 0.662. The van der Waals surface area contributed by atoms with E-state index in [4.69, 9.17) is 4.74 Å². The van der Waals surface area contributed by atoms with Crippen molar-refractivity contribution in [2.75, 3.05) is 37.7 Å². The third-order valence-corrected chi connectivity index (χ3v) is 6.04. The zero-order chi connectivity index (χ0) is 21.3. The van der Waals surface area contributed by atoms with E-state index in [9.17, 15) is 14.4 Å². The normalized spacial score (nSPS) is 22.8. The predicted octanol–water partition coefficient (Wildman–Crippen LogP) is 3.07. The lowest BCUT2D eigenvalue weighted by Crippen LogP contribution is -2.38. The van der Waals surface area contributed by atoms with Gasteiger partial charge in [-0.05, 0) is 43.7 Å². The van der Waals surface area contributed by atoms with Gasteiger partial charge in [0.25, 0.3) is 0 Å². The number of aromatic nitrogens is 1. The van der Waals surface area contributed by atoms with Gasteiger partial charge in [-0.15, -0.1) is 0 Å². The summed E-state index contributed by atoms with van der Waals surface area (Å²) in [6.07, 6.45) is 0. The first-order valence-corrected chi connectivity index (χ1v) is 10.3. The number of aryl methyl sites for hydroxylation is 1. The summed E-state index contributed by atoms with van der Waals surface area (Å²) in [7, 11) is 0. The van der Waals surface area contributed by atoms with Crippen molar-refractivity contribution in [2.24, 2.45) is 11.8 Å². The highest BCUT2D eigenvalue weighted by Gasteiger charge is 2.49. The van der Waals surface area contributed by atoms with Crippen LogP contribution in [-0.2, 0) is 9.53 Å². The second-order valence-corrected chi connectivity index (χ2v) is 7.95. The van der Waals surface area contributed by atoms with Gasteiger partial charge in [-0.1, -0.05) is 12.1 Å². The quantitative estimate of drug-likeness (QED) is 0.761. The Bertz CT molecular complexity index is 989. The van der Waals surface area contributed by atoms with Crippen molar-refractivity contribution in [1.82, 2.24) is 9.88 Å². The lowest BCUT2D eigenvalue weighted by atomic mass is 9.89. The molecule has 4 rings (SSSR count). The molecule has 1 aromatic heterocycles. The number of benzene rings is 1. The third kappa shape index (κ3) is 3.75. The number of amides is 1. The Morgan fingerprint density at radius 3 is 2.87 bits per heavy atom. The fraction of sp³-hybridized carbons (Fsp3) is 0.435. The molecule has 0 spiro atoms. The van der Waals surface area contributed by atoms with E-state index in [-0.39, 0.29) is 36.2 Å². The molecule has 1 aromatic carbocycles. The monoisotopic (exact) mass is 408 g/mol. The smallest absolute Gasteiger partial charge is 0.249 e. The summed E-state index contributed by atoms with van der Waals surface area (Å²) < 4.78 is 19.3. The maximum atomic E-state index is 14.0. The Morgan fingerprint density at radius 2 is 2.13 bits per heavy atom. The minimum absolute atomic E-state index is 0.0312. The lowest BCUT2D eigenvalue weighted by molar-refractivity contribution is -0.137. The van der Waals surface area contributed by atoms with Crippen LogP contribution in [0.15, 0.2) is 36.4 Å². The van der Waals surface area contributed by atoms with Crippen LogP contribution < -0.4 is 4.90 Å². The number of nitrogens with zero attached hydrogens (tertiary/aromatic N) is 4. The third-order valence-electron chi connectivity index (χ3n) is 6.04. The topological polar surface area (TPSA) is 69.5 Å². The first kappa shape index (κ1) is 20.3. The first-order chi connectivity index (χ1) is 14.5.